The molecule has 0 radical (unpaired) electrons. The number of para-hydroxylation sites is 1. The van der Waals surface area contributed by atoms with Crippen LogP contribution in [0.5, 0.6) is 0 Å². The fourth-order valence-electron chi connectivity index (χ4n) is 5.34. The number of thiophene rings is 2. The second-order valence-corrected chi connectivity index (χ2v) is 12.9. The standard InChI is InChI=1S/C28H26N4O2S3/c1-16-11-12-18-20(14-29)25(37-22(18)13-16)30-23(33)15-35-28-31-26-24(19-9-5-6-10-21(19)36-26)27(34)32(28)17-7-3-2-4-8-17/h2-4,7-8,16H,5-6,9-13,15H2,1H3,(H,30,33). The summed E-state index contributed by atoms with van der Waals surface area (Å²) in [5.74, 6) is 0.489. The van der Waals surface area contributed by atoms with Crippen LogP contribution in [0.15, 0.2) is 40.3 Å². The highest BCUT2D eigenvalue weighted by Crippen LogP contribution is 2.39. The maximum Gasteiger partial charge on any atom is 0.267 e. The van der Waals surface area contributed by atoms with Gasteiger partial charge in [-0.2, -0.15) is 5.26 Å². The van der Waals surface area contributed by atoms with Gasteiger partial charge in [0, 0.05) is 9.75 Å². The highest BCUT2D eigenvalue weighted by Gasteiger charge is 2.26. The summed E-state index contributed by atoms with van der Waals surface area (Å²) in [6.45, 7) is 2.23. The van der Waals surface area contributed by atoms with Gasteiger partial charge in [-0.25, -0.2) is 4.98 Å². The number of fused-ring (bicyclic) bond motifs is 4. The Balaban J connectivity index is 1.31. The number of amides is 1. The minimum absolute atomic E-state index is 0.0645. The zero-order valence-electron chi connectivity index (χ0n) is 20.5. The molecule has 4 aromatic rings. The van der Waals surface area contributed by atoms with E-state index in [4.69, 9.17) is 4.98 Å². The predicted octanol–water partition coefficient (Wildman–Crippen LogP) is 6.11. The Kier molecular flexibility index (Phi) is 6.65. The van der Waals surface area contributed by atoms with E-state index >= 15 is 0 Å². The van der Waals surface area contributed by atoms with Gasteiger partial charge >= 0.3 is 0 Å². The van der Waals surface area contributed by atoms with Gasteiger partial charge in [-0.15, -0.1) is 22.7 Å². The van der Waals surface area contributed by atoms with Crippen LogP contribution in [0.1, 0.15) is 52.6 Å². The minimum Gasteiger partial charge on any atom is -0.316 e. The number of nitrogens with one attached hydrogen (secondary N) is 1. The van der Waals surface area contributed by atoms with Gasteiger partial charge in [0.1, 0.15) is 15.9 Å². The third-order valence-electron chi connectivity index (χ3n) is 7.18. The number of anilines is 1. The number of aromatic nitrogens is 2. The molecular formula is C28H26N4O2S3. The molecule has 2 aliphatic carbocycles. The average molecular weight is 547 g/mol. The summed E-state index contributed by atoms with van der Waals surface area (Å²) >= 11 is 4.40. The molecule has 0 saturated heterocycles. The number of hydrogen-bond acceptors (Lipinski definition) is 7. The molecular weight excluding hydrogens is 521 g/mol. The number of rotatable bonds is 5. The van der Waals surface area contributed by atoms with Crippen molar-refractivity contribution in [3.8, 4) is 11.8 Å². The van der Waals surface area contributed by atoms with Crippen molar-refractivity contribution in [2.24, 2.45) is 5.92 Å². The van der Waals surface area contributed by atoms with Gasteiger partial charge < -0.3 is 5.32 Å². The van der Waals surface area contributed by atoms with Crippen LogP contribution < -0.4 is 10.9 Å². The van der Waals surface area contributed by atoms with Crippen molar-refractivity contribution in [3.05, 3.63) is 67.1 Å². The number of hydrogen-bond donors (Lipinski definition) is 1. The molecule has 37 heavy (non-hydrogen) atoms. The van der Waals surface area contributed by atoms with Crippen molar-refractivity contribution >= 4 is 55.6 Å². The monoisotopic (exact) mass is 546 g/mol. The molecule has 1 aromatic carbocycles. The van der Waals surface area contributed by atoms with E-state index in [1.165, 1.54) is 32.9 Å². The van der Waals surface area contributed by atoms with Gasteiger partial charge in [0.2, 0.25) is 5.91 Å². The van der Waals surface area contributed by atoms with Crippen LogP contribution in [0.4, 0.5) is 5.00 Å². The van der Waals surface area contributed by atoms with E-state index in [0.29, 0.717) is 21.6 Å². The lowest BCUT2D eigenvalue weighted by Crippen LogP contribution is -2.23. The quantitative estimate of drug-likeness (QED) is 0.241. The molecule has 6 nitrogen and oxygen atoms in total. The van der Waals surface area contributed by atoms with Crippen molar-refractivity contribution < 1.29 is 4.79 Å². The summed E-state index contributed by atoms with van der Waals surface area (Å²) in [6, 6.07) is 11.8. The summed E-state index contributed by atoms with van der Waals surface area (Å²) in [7, 11) is 0. The van der Waals surface area contributed by atoms with Gasteiger partial charge in [-0.3, -0.25) is 14.2 Å². The second-order valence-electron chi connectivity index (χ2n) is 9.77. The summed E-state index contributed by atoms with van der Waals surface area (Å²) in [5, 5.41) is 14.6. The van der Waals surface area contributed by atoms with Crippen molar-refractivity contribution in [1.29, 1.82) is 5.26 Å². The molecule has 1 unspecified atom stereocenters. The topological polar surface area (TPSA) is 87.8 Å². The Hall–Kier alpha value is -2.93. The fraction of sp³-hybridized carbons (Fsp3) is 0.357. The van der Waals surface area contributed by atoms with Crippen molar-refractivity contribution in [2.75, 3.05) is 11.1 Å². The largest absolute Gasteiger partial charge is 0.316 e. The minimum atomic E-state index is -0.201. The number of aryl methyl sites for hydroxylation is 2. The van der Waals surface area contributed by atoms with Crippen LogP contribution >= 0.6 is 34.4 Å². The molecule has 3 heterocycles. The van der Waals surface area contributed by atoms with Gasteiger partial charge in [0.05, 0.1) is 22.4 Å². The van der Waals surface area contributed by atoms with Crippen LogP contribution in [0.3, 0.4) is 0 Å². The molecule has 0 saturated carbocycles. The zero-order valence-corrected chi connectivity index (χ0v) is 23.0. The molecule has 0 fully saturated rings. The van der Waals surface area contributed by atoms with Gasteiger partial charge in [-0.1, -0.05) is 36.9 Å². The summed E-state index contributed by atoms with van der Waals surface area (Å²) in [4.78, 5) is 35.0. The lowest BCUT2D eigenvalue weighted by molar-refractivity contribution is -0.113. The van der Waals surface area contributed by atoms with E-state index < -0.39 is 0 Å². The van der Waals surface area contributed by atoms with E-state index in [1.54, 1.807) is 15.9 Å². The Morgan fingerprint density at radius 2 is 1.97 bits per heavy atom. The lowest BCUT2D eigenvalue weighted by Gasteiger charge is -2.17. The van der Waals surface area contributed by atoms with E-state index in [9.17, 15) is 14.9 Å². The van der Waals surface area contributed by atoms with E-state index in [1.807, 2.05) is 30.3 Å². The Morgan fingerprint density at radius 1 is 1.16 bits per heavy atom. The molecule has 9 heteroatoms. The lowest BCUT2D eigenvalue weighted by atomic mass is 9.89. The number of nitriles is 1. The smallest absolute Gasteiger partial charge is 0.267 e. The van der Waals surface area contributed by atoms with Crippen LogP contribution in [-0.4, -0.2) is 21.2 Å². The maximum atomic E-state index is 13.8. The Bertz CT molecular complexity index is 1610. The van der Waals surface area contributed by atoms with Crippen LogP contribution in [0, 0.1) is 17.2 Å². The first kappa shape index (κ1) is 24.4. The van der Waals surface area contributed by atoms with Crippen molar-refractivity contribution in [2.45, 2.75) is 57.0 Å². The van der Waals surface area contributed by atoms with Crippen LogP contribution in [-0.2, 0) is 30.5 Å². The van der Waals surface area contributed by atoms with Crippen LogP contribution in [0.2, 0.25) is 0 Å². The SMILES string of the molecule is CC1CCc2c(sc(NC(=O)CSc3nc4sc5c(c4c(=O)n3-c3ccccc3)CCCC5)c2C#N)C1. The highest BCUT2D eigenvalue weighted by molar-refractivity contribution is 7.99. The van der Waals surface area contributed by atoms with Gasteiger partial charge in [0.15, 0.2) is 5.16 Å². The van der Waals surface area contributed by atoms with E-state index in [0.717, 1.165) is 72.0 Å². The van der Waals surface area contributed by atoms with Crippen molar-refractivity contribution in [3.63, 3.8) is 0 Å². The fourth-order valence-corrected chi connectivity index (χ4v) is 8.83. The molecule has 6 rings (SSSR count). The molecule has 0 spiro atoms. The number of thioether (sulfide) groups is 1. The highest BCUT2D eigenvalue weighted by atomic mass is 32.2. The predicted molar refractivity (Wildman–Crippen MR) is 151 cm³/mol. The normalized spacial score (nSPS) is 16.7. The molecule has 188 valence electrons. The number of carbonyl (C=O) groups is 1. The molecule has 2 aliphatic rings. The molecule has 0 aliphatic heterocycles. The van der Waals surface area contributed by atoms with Crippen molar-refractivity contribution in [1.82, 2.24) is 9.55 Å². The Labute approximate surface area is 227 Å². The summed E-state index contributed by atoms with van der Waals surface area (Å²) < 4.78 is 1.65. The summed E-state index contributed by atoms with van der Waals surface area (Å²) in [5.41, 5.74) is 3.54. The zero-order chi connectivity index (χ0) is 25.5. The molecule has 3 aromatic heterocycles. The maximum absolute atomic E-state index is 13.8. The molecule has 1 N–H and O–H groups in total. The third-order valence-corrected chi connectivity index (χ3v) is 10.5. The molecule has 1 atom stereocenters. The number of nitrogens with zero attached hydrogens (tertiary/aromatic N) is 3. The molecule has 1 amide bonds. The van der Waals surface area contributed by atoms with E-state index in [-0.39, 0.29) is 17.2 Å². The molecule has 0 bridgehead atoms. The first-order valence-corrected chi connectivity index (χ1v) is 15.3. The first-order valence-electron chi connectivity index (χ1n) is 12.6. The van der Waals surface area contributed by atoms with Crippen LogP contribution in [0.25, 0.3) is 15.9 Å². The summed E-state index contributed by atoms with van der Waals surface area (Å²) in [6.07, 6.45) is 7.06. The first-order chi connectivity index (χ1) is 18.0. The van der Waals surface area contributed by atoms with E-state index in [2.05, 4.69) is 18.3 Å². The number of benzene rings is 1. The second kappa shape index (κ2) is 10.1. The van der Waals surface area contributed by atoms with Gasteiger partial charge in [-0.05, 0) is 74.1 Å². The third kappa shape index (κ3) is 4.52. The number of carbonyl (C=O) groups excluding carboxylic acids is 1. The Morgan fingerprint density at radius 3 is 2.78 bits per heavy atom. The average Bonchev–Trinajstić information content (AvgIpc) is 3.44. The van der Waals surface area contributed by atoms with Gasteiger partial charge in [0.25, 0.3) is 5.56 Å².